The number of pyridine rings is 1. The van der Waals surface area contributed by atoms with Crippen molar-refractivity contribution < 1.29 is 13.6 Å². The fourth-order valence-electron chi connectivity index (χ4n) is 1.98. The number of nitrogens with zero attached hydrogens (tertiary/aromatic N) is 2. The predicted octanol–water partition coefficient (Wildman–Crippen LogP) is 2.03. The van der Waals surface area contributed by atoms with Crippen LogP contribution in [0.2, 0.25) is 0 Å². The molecule has 1 amide bonds. The van der Waals surface area contributed by atoms with Crippen LogP contribution in [0.4, 0.5) is 14.5 Å². The van der Waals surface area contributed by atoms with Gasteiger partial charge in [-0.1, -0.05) is 0 Å². The van der Waals surface area contributed by atoms with Crippen molar-refractivity contribution >= 4 is 41.2 Å². The van der Waals surface area contributed by atoms with Gasteiger partial charge in [0.2, 0.25) is 0 Å². The highest BCUT2D eigenvalue weighted by atomic mass is 32.1. The largest absolute Gasteiger partial charge is 0.320 e. The average molecular weight is 303 g/mol. The van der Waals surface area contributed by atoms with Crippen molar-refractivity contribution in [1.29, 1.82) is 0 Å². The fraction of sp³-hybridized carbons (Fsp3) is 0.0769. The first-order valence-corrected chi connectivity index (χ1v) is 6.76. The number of halogens is 2. The van der Waals surface area contributed by atoms with E-state index in [1.807, 2.05) is 0 Å². The lowest BCUT2D eigenvalue weighted by Crippen LogP contribution is -2.12. The van der Waals surface area contributed by atoms with E-state index in [0.29, 0.717) is 5.69 Å². The van der Waals surface area contributed by atoms with Crippen molar-refractivity contribution in [3.63, 3.8) is 0 Å². The molecule has 3 heterocycles. The molecule has 0 bridgehead atoms. The summed E-state index contributed by atoms with van der Waals surface area (Å²) in [5, 5.41) is 2.44. The first-order valence-electron chi connectivity index (χ1n) is 5.95. The van der Waals surface area contributed by atoms with Gasteiger partial charge in [0.15, 0.2) is 11.5 Å². The van der Waals surface area contributed by atoms with Crippen LogP contribution < -0.4 is 10.1 Å². The Morgan fingerprint density at radius 1 is 1.33 bits per heavy atom. The molecule has 8 heteroatoms. The minimum atomic E-state index is -0.699. The Balaban J connectivity index is 1.94. The minimum Gasteiger partial charge on any atom is -0.320 e. The highest BCUT2D eigenvalue weighted by Crippen LogP contribution is 2.19. The van der Waals surface area contributed by atoms with Crippen LogP contribution in [0.15, 0.2) is 24.5 Å². The molecule has 0 aliphatic carbocycles. The highest BCUT2D eigenvalue weighted by Gasteiger charge is 2.16. The molecule has 3 aromatic heterocycles. The number of hydrogen-bond donors (Lipinski definition) is 1. The summed E-state index contributed by atoms with van der Waals surface area (Å²) in [6.45, 7) is 1.73. The smallest absolute Gasteiger partial charge is 0.268 e. The molecule has 0 spiro atoms. The fourth-order valence-corrected chi connectivity index (χ4v) is 2.68. The van der Waals surface area contributed by atoms with Gasteiger partial charge in [-0.2, -0.15) is 0 Å². The number of nitrogens with one attached hydrogen (secondary N) is 1. The SMILES string of the molecule is [B]c1cc(F)c(C(=O)Nc2cc(F)c3nc(C)cn3c2)s1. The number of aromatic nitrogens is 2. The molecule has 0 unspecified atom stereocenters. The Kier molecular flexibility index (Phi) is 3.25. The molecule has 1 N–H and O–H groups in total. The van der Waals surface area contributed by atoms with Crippen molar-refractivity contribution in [1.82, 2.24) is 9.38 Å². The Morgan fingerprint density at radius 2 is 2.10 bits per heavy atom. The maximum absolute atomic E-state index is 13.9. The number of amides is 1. The minimum absolute atomic E-state index is 0.144. The van der Waals surface area contributed by atoms with E-state index in [9.17, 15) is 13.6 Å². The topological polar surface area (TPSA) is 46.4 Å². The molecule has 0 aliphatic heterocycles. The number of fused-ring (bicyclic) bond motifs is 1. The van der Waals surface area contributed by atoms with Gasteiger partial charge in [-0.25, -0.2) is 13.8 Å². The first kappa shape index (κ1) is 13.8. The van der Waals surface area contributed by atoms with E-state index < -0.39 is 17.5 Å². The van der Waals surface area contributed by atoms with Gasteiger partial charge in [0.1, 0.15) is 18.5 Å². The van der Waals surface area contributed by atoms with Crippen LogP contribution in [0.25, 0.3) is 5.65 Å². The molecule has 0 aliphatic rings. The second kappa shape index (κ2) is 4.96. The number of imidazole rings is 1. The van der Waals surface area contributed by atoms with Gasteiger partial charge in [-0.05, 0) is 17.8 Å². The normalized spacial score (nSPS) is 11.0. The Morgan fingerprint density at radius 3 is 2.76 bits per heavy atom. The van der Waals surface area contributed by atoms with Crippen molar-refractivity contribution in [2.24, 2.45) is 0 Å². The van der Waals surface area contributed by atoms with Crippen LogP contribution in [-0.2, 0) is 0 Å². The van der Waals surface area contributed by atoms with E-state index >= 15 is 0 Å². The van der Waals surface area contributed by atoms with Gasteiger partial charge in [0.25, 0.3) is 5.91 Å². The molecule has 21 heavy (non-hydrogen) atoms. The van der Waals surface area contributed by atoms with E-state index in [2.05, 4.69) is 10.3 Å². The third-order valence-electron chi connectivity index (χ3n) is 2.80. The van der Waals surface area contributed by atoms with Gasteiger partial charge in [-0.3, -0.25) is 4.79 Å². The molecule has 3 aromatic rings. The van der Waals surface area contributed by atoms with Crippen LogP contribution in [-0.4, -0.2) is 23.1 Å². The Bertz CT molecular complexity index is 859. The lowest BCUT2D eigenvalue weighted by atomic mass is 10.1. The zero-order chi connectivity index (χ0) is 15.1. The van der Waals surface area contributed by atoms with Crippen molar-refractivity contribution in [3.05, 3.63) is 46.7 Å². The number of anilines is 1. The summed E-state index contributed by atoms with van der Waals surface area (Å²) in [6, 6.07) is 2.21. The summed E-state index contributed by atoms with van der Waals surface area (Å²) in [6.07, 6.45) is 3.13. The lowest BCUT2D eigenvalue weighted by Gasteiger charge is -2.05. The van der Waals surface area contributed by atoms with E-state index in [1.54, 1.807) is 13.1 Å². The first-order chi connectivity index (χ1) is 9.94. The van der Waals surface area contributed by atoms with Gasteiger partial charge in [0.05, 0.1) is 11.4 Å². The number of hydrogen-bond acceptors (Lipinski definition) is 3. The van der Waals surface area contributed by atoms with Crippen LogP contribution >= 0.6 is 11.3 Å². The molecule has 0 saturated heterocycles. The van der Waals surface area contributed by atoms with E-state index in [1.165, 1.54) is 10.6 Å². The lowest BCUT2D eigenvalue weighted by molar-refractivity contribution is 0.102. The zero-order valence-electron chi connectivity index (χ0n) is 10.9. The molecule has 3 rings (SSSR count). The van der Waals surface area contributed by atoms with Crippen LogP contribution in [0.3, 0.4) is 0 Å². The third-order valence-corrected chi connectivity index (χ3v) is 3.73. The highest BCUT2D eigenvalue weighted by molar-refractivity contribution is 7.21. The summed E-state index contributed by atoms with van der Waals surface area (Å²) in [7, 11) is 5.44. The average Bonchev–Trinajstić information content (AvgIpc) is 2.91. The van der Waals surface area contributed by atoms with Crippen molar-refractivity contribution in [3.8, 4) is 0 Å². The van der Waals surface area contributed by atoms with Crippen molar-refractivity contribution in [2.75, 3.05) is 5.32 Å². The van der Waals surface area contributed by atoms with Crippen molar-refractivity contribution in [2.45, 2.75) is 6.92 Å². The maximum atomic E-state index is 13.9. The second-order valence-corrected chi connectivity index (χ2v) is 5.55. The molecule has 104 valence electrons. The summed E-state index contributed by atoms with van der Waals surface area (Å²) in [4.78, 5) is 15.8. The second-order valence-electron chi connectivity index (χ2n) is 4.47. The van der Waals surface area contributed by atoms with Gasteiger partial charge in [-0.15, -0.1) is 11.3 Å². The van der Waals surface area contributed by atoms with Crippen LogP contribution in [0, 0.1) is 18.6 Å². The Labute approximate surface area is 123 Å². The molecular weight excluding hydrogens is 295 g/mol. The third kappa shape index (κ3) is 2.54. The number of carbonyl (C=O) groups excluding carboxylic acids is 1. The molecule has 0 fully saturated rings. The van der Waals surface area contributed by atoms with E-state index in [0.717, 1.165) is 23.5 Å². The van der Waals surface area contributed by atoms with Gasteiger partial charge < -0.3 is 9.72 Å². The van der Waals surface area contributed by atoms with Crippen LogP contribution in [0.1, 0.15) is 15.4 Å². The number of thiophene rings is 1. The predicted molar refractivity (Wildman–Crippen MR) is 77.5 cm³/mol. The molecule has 0 atom stereocenters. The van der Waals surface area contributed by atoms with Gasteiger partial charge in [0, 0.05) is 18.5 Å². The van der Waals surface area contributed by atoms with E-state index in [4.69, 9.17) is 7.85 Å². The molecule has 4 nitrogen and oxygen atoms in total. The van der Waals surface area contributed by atoms with Gasteiger partial charge >= 0.3 is 0 Å². The van der Waals surface area contributed by atoms with Crippen LogP contribution in [0.5, 0.6) is 0 Å². The number of rotatable bonds is 2. The number of carbonyl (C=O) groups is 1. The summed E-state index contributed by atoms with van der Waals surface area (Å²) < 4.78 is 29.0. The number of aryl methyl sites for hydroxylation is 1. The molecule has 2 radical (unpaired) electrons. The maximum Gasteiger partial charge on any atom is 0.268 e. The quantitative estimate of drug-likeness (QED) is 0.736. The monoisotopic (exact) mass is 303 g/mol. The summed E-state index contributed by atoms with van der Waals surface area (Å²) in [5.74, 6) is -1.95. The molecule has 0 aromatic carbocycles. The summed E-state index contributed by atoms with van der Waals surface area (Å²) in [5.41, 5.74) is 1.01. The molecule has 0 saturated carbocycles. The molecular formula is C13H8BF2N3OS. The zero-order valence-corrected chi connectivity index (χ0v) is 11.7. The summed E-state index contributed by atoms with van der Waals surface area (Å²) >= 11 is 0.831. The standard InChI is InChI=1S/C13H8BF2N3OS/c1-6-4-19-5-7(2-9(16)12(19)17-6)18-13(20)11-8(15)3-10(14)21-11/h2-5H,1H3,(H,18,20). The Hall–Kier alpha value is -2.22. The van der Waals surface area contributed by atoms with E-state index in [-0.39, 0.29) is 21.0 Å².